The Balaban J connectivity index is 1.02. The number of hydrogen-bond acceptors (Lipinski definition) is 1. The molecule has 0 heterocycles. The first-order valence-corrected chi connectivity index (χ1v) is 19.2. The molecule has 1 unspecified atom stereocenters. The summed E-state index contributed by atoms with van der Waals surface area (Å²) in [5.74, 6) is 0.535. The third kappa shape index (κ3) is 5.91. The van der Waals surface area contributed by atoms with Gasteiger partial charge in [0.1, 0.15) is 0 Å². The number of para-hydroxylation sites is 1. The molecule has 0 amide bonds. The first-order chi connectivity index (χ1) is 26.4. The van der Waals surface area contributed by atoms with Crippen LogP contribution in [0.25, 0.3) is 50.1 Å². The minimum absolute atomic E-state index is 0.132. The Morgan fingerprint density at radius 3 is 1.72 bits per heavy atom. The molecule has 2 aliphatic carbocycles. The summed E-state index contributed by atoms with van der Waals surface area (Å²) in [6.07, 6.45) is 7.86. The topological polar surface area (TPSA) is 3.24 Å². The summed E-state index contributed by atoms with van der Waals surface area (Å²) in [4.78, 5) is 2.38. The number of benzene rings is 7. The lowest BCUT2D eigenvalue weighted by molar-refractivity contribution is 0.660. The third-order valence-corrected chi connectivity index (χ3v) is 11.8. The van der Waals surface area contributed by atoms with Crippen molar-refractivity contribution in [3.05, 3.63) is 204 Å². The zero-order valence-electron chi connectivity index (χ0n) is 31.6. The summed E-state index contributed by atoms with van der Waals surface area (Å²) >= 11 is 0. The molecule has 0 fully saturated rings. The van der Waals surface area contributed by atoms with Gasteiger partial charge in [-0.15, -0.1) is 0 Å². The number of fused-ring (bicyclic) bond motifs is 3. The molecule has 9 rings (SSSR count). The van der Waals surface area contributed by atoms with E-state index >= 15 is 0 Å². The highest BCUT2D eigenvalue weighted by Crippen LogP contribution is 2.51. The van der Waals surface area contributed by atoms with E-state index in [1.807, 2.05) is 0 Å². The highest BCUT2D eigenvalue weighted by Gasteiger charge is 2.36. The molecule has 7 aromatic rings. The lowest BCUT2D eigenvalue weighted by Crippen LogP contribution is -2.16. The number of allylic oxidation sites excluding steroid dienone is 4. The molecular formula is C53H45N. The molecule has 7 aromatic carbocycles. The Labute approximate surface area is 320 Å². The second-order valence-electron chi connectivity index (χ2n) is 15.4. The van der Waals surface area contributed by atoms with Gasteiger partial charge in [0.15, 0.2) is 0 Å². The minimum Gasteiger partial charge on any atom is -0.310 e. The number of hydrogen-bond donors (Lipinski definition) is 0. The van der Waals surface area contributed by atoms with Gasteiger partial charge in [0, 0.05) is 22.5 Å². The van der Waals surface area contributed by atoms with Crippen LogP contribution in [0.5, 0.6) is 0 Å². The predicted molar refractivity (Wildman–Crippen MR) is 231 cm³/mol. The molecular weight excluding hydrogens is 651 g/mol. The van der Waals surface area contributed by atoms with E-state index < -0.39 is 0 Å². The van der Waals surface area contributed by atoms with Crippen LogP contribution in [0.3, 0.4) is 0 Å². The smallest absolute Gasteiger partial charge is 0.0465 e. The average molecular weight is 696 g/mol. The van der Waals surface area contributed by atoms with Crippen molar-refractivity contribution in [2.75, 3.05) is 4.90 Å². The van der Waals surface area contributed by atoms with Crippen molar-refractivity contribution in [2.24, 2.45) is 5.92 Å². The maximum atomic E-state index is 2.41. The molecule has 0 radical (unpaired) electrons. The largest absolute Gasteiger partial charge is 0.310 e. The predicted octanol–water partition coefficient (Wildman–Crippen LogP) is 14.8. The van der Waals surface area contributed by atoms with E-state index in [4.69, 9.17) is 0 Å². The van der Waals surface area contributed by atoms with Crippen molar-refractivity contribution >= 4 is 22.6 Å². The second-order valence-corrected chi connectivity index (χ2v) is 15.4. The first-order valence-electron chi connectivity index (χ1n) is 19.2. The van der Waals surface area contributed by atoms with Crippen LogP contribution in [0.2, 0.25) is 0 Å². The van der Waals surface area contributed by atoms with Gasteiger partial charge in [-0.25, -0.2) is 0 Å². The first kappa shape index (κ1) is 33.6. The maximum Gasteiger partial charge on any atom is 0.0465 e. The molecule has 1 heteroatoms. The fourth-order valence-electron chi connectivity index (χ4n) is 8.71. The minimum atomic E-state index is -0.132. The SMILES string of the molecule is Cc1c(C2=CC=CCC2C)cccc1-c1ccc(-c2ccc(N(c3ccccc3)c3ccc4c(c3)C(C)(C)c3cc(-c5ccccc5)ccc3-4)cc2)cc1. The van der Waals surface area contributed by atoms with Crippen LogP contribution in [0.1, 0.15) is 49.4 Å². The Hall–Kier alpha value is -6.18. The van der Waals surface area contributed by atoms with E-state index in [1.165, 1.54) is 72.3 Å². The molecule has 0 spiro atoms. The number of rotatable bonds is 7. The maximum absolute atomic E-state index is 2.41. The van der Waals surface area contributed by atoms with Crippen LogP contribution in [-0.4, -0.2) is 0 Å². The number of nitrogens with zero attached hydrogens (tertiary/aromatic N) is 1. The Kier molecular flexibility index (Phi) is 8.51. The van der Waals surface area contributed by atoms with Gasteiger partial charge in [0.05, 0.1) is 0 Å². The summed E-state index contributed by atoms with van der Waals surface area (Å²) in [7, 11) is 0. The van der Waals surface area contributed by atoms with Gasteiger partial charge in [-0.1, -0.05) is 160 Å². The van der Waals surface area contributed by atoms with E-state index in [9.17, 15) is 0 Å². The van der Waals surface area contributed by atoms with Crippen molar-refractivity contribution in [2.45, 2.75) is 39.5 Å². The molecule has 0 N–H and O–H groups in total. The molecule has 0 aromatic heterocycles. The quantitative estimate of drug-likeness (QED) is 0.160. The van der Waals surface area contributed by atoms with Crippen LogP contribution in [0.15, 0.2) is 182 Å². The monoisotopic (exact) mass is 695 g/mol. The van der Waals surface area contributed by atoms with Crippen molar-refractivity contribution < 1.29 is 0 Å². The normalized spacial score (nSPS) is 15.3. The molecule has 54 heavy (non-hydrogen) atoms. The van der Waals surface area contributed by atoms with Crippen LogP contribution < -0.4 is 4.90 Å². The second kappa shape index (κ2) is 13.7. The molecule has 2 aliphatic rings. The Bertz CT molecular complexity index is 2540. The lowest BCUT2D eigenvalue weighted by atomic mass is 9.81. The lowest BCUT2D eigenvalue weighted by Gasteiger charge is -2.28. The standard InChI is InChI=1S/C53H45N/c1-36-14-11-12-19-46(36)48-21-13-20-47(37(48)2)41-24-22-39(23-25-41)40-26-29-44(30-27-40)54(43-17-9-6-10-18-43)45-31-33-50-49-32-28-42(38-15-7-5-8-16-38)34-51(49)53(3,4)52(50)35-45/h5-13,15-36H,14H2,1-4H3. The highest BCUT2D eigenvalue weighted by atomic mass is 15.1. The van der Waals surface area contributed by atoms with Crippen molar-refractivity contribution in [3.8, 4) is 44.5 Å². The van der Waals surface area contributed by atoms with Crippen molar-refractivity contribution in [1.29, 1.82) is 0 Å². The van der Waals surface area contributed by atoms with Gasteiger partial charge in [0.2, 0.25) is 0 Å². The summed E-state index contributed by atoms with van der Waals surface area (Å²) < 4.78 is 0. The fraction of sp³-hybridized carbons (Fsp3) is 0.132. The van der Waals surface area contributed by atoms with E-state index in [0.29, 0.717) is 5.92 Å². The summed E-state index contributed by atoms with van der Waals surface area (Å²) in [5, 5.41) is 0. The average Bonchev–Trinajstić information content (AvgIpc) is 3.44. The van der Waals surface area contributed by atoms with Crippen LogP contribution in [0, 0.1) is 12.8 Å². The van der Waals surface area contributed by atoms with Gasteiger partial charge in [-0.3, -0.25) is 0 Å². The zero-order chi connectivity index (χ0) is 36.8. The van der Waals surface area contributed by atoms with Crippen LogP contribution in [-0.2, 0) is 5.41 Å². The molecule has 262 valence electrons. The van der Waals surface area contributed by atoms with Gasteiger partial charge in [-0.2, -0.15) is 0 Å². The van der Waals surface area contributed by atoms with Crippen LogP contribution >= 0.6 is 0 Å². The molecule has 0 aliphatic heterocycles. The fourth-order valence-corrected chi connectivity index (χ4v) is 8.71. The Morgan fingerprint density at radius 2 is 1.02 bits per heavy atom. The van der Waals surface area contributed by atoms with Crippen molar-refractivity contribution in [1.82, 2.24) is 0 Å². The van der Waals surface area contributed by atoms with E-state index in [2.05, 4.69) is 215 Å². The Morgan fingerprint density at radius 1 is 0.481 bits per heavy atom. The van der Waals surface area contributed by atoms with Gasteiger partial charge in [-0.05, 0) is 134 Å². The molecule has 1 nitrogen and oxygen atoms in total. The van der Waals surface area contributed by atoms with Gasteiger partial charge < -0.3 is 4.90 Å². The van der Waals surface area contributed by atoms with E-state index in [0.717, 1.165) is 23.5 Å². The molecule has 0 bridgehead atoms. The van der Waals surface area contributed by atoms with E-state index in [-0.39, 0.29) is 5.41 Å². The number of anilines is 3. The molecule has 1 atom stereocenters. The highest BCUT2D eigenvalue weighted by molar-refractivity contribution is 5.88. The van der Waals surface area contributed by atoms with Gasteiger partial charge in [0.25, 0.3) is 0 Å². The molecule has 0 saturated heterocycles. The summed E-state index contributed by atoms with van der Waals surface area (Å²) in [6, 6.07) is 60.3. The molecule has 0 saturated carbocycles. The summed E-state index contributed by atoms with van der Waals surface area (Å²) in [5.41, 5.74) is 20.3. The van der Waals surface area contributed by atoms with Crippen molar-refractivity contribution in [3.63, 3.8) is 0 Å². The third-order valence-electron chi connectivity index (χ3n) is 11.8. The van der Waals surface area contributed by atoms with Crippen LogP contribution in [0.4, 0.5) is 17.1 Å². The van der Waals surface area contributed by atoms with E-state index in [1.54, 1.807) is 0 Å². The zero-order valence-corrected chi connectivity index (χ0v) is 31.6. The van der Waals surface area contributed by atoms with Gasteiger partial charge >= 0.3 is 0 Å². The summed E-state index contributed by atoms with van der Waals surface area (Å²) in [6.45, 7) is 9.33.